The molecule has 0 bridgehead atoms. The Morgan fingerprint density at radius 1 is 1.16 bits per heavy atom. The molecular formula is C26H31N3O2. The minimum Gasteiger partial charge on any atom is -0.447 e. The quantitative estimate of drug-likeness (QED) is 0.520. The van der Waals surface area contributed by atoms with Crippen molar-refractivity contribution in [3.05, 3.63) is 88.6 Å². The van der Waals surface area contributed by atoms with Gasteiger partial charge in [0.2, 0.25) is 5.89 Å². The summed E-state index contributed by atoms with van der Waals surface area (Å²) in [6, 6.07) is 16.4. The molecule has 5 heteroatoms. The van der Waals surface area contributed by atoms with Crippen molar-refractivity contribution in [1.29, 1.82) is 0 Å². The summed E-state index contributed by atoms with van der Waals surface area (Å²) in [4.78, 5) is 19.5. The summed E-state index contributed by atoms with van der Waals surface area (Å²) in [5.41, 5.74) is 5.30. The summed E-state index contributed by atoms with van der Waals surface area (Å²) in [7, 11) is 0. The fraction of sp³-hybridized carbons (Fsp3) is 0.385. The minimum atomic E-state index is -0.213. The molecule has 1 amide bonds. The molecule has 1 atom stereocenters. The first-order valence-corrected chi connectivity index (χ1v) is 11.1. The van der Waals surface area contributed by atoms with Crippen LogP contribution in [0, 0.1) is 19.8 Å². The molecule has 31 heavy (non-hydrogen) atoms. The average molecular weight is 418 g/mol. The Hall–Kier alpha value is -2.92. The fourth-order valence-corrected chi connectivity index (χ4v) is 3.84. The van der Waals surface area contributed by atoms with Crippen molar-refractivity contribution in [2.75, 3.05) is 6.54 Å². The third-order valence-electron chi connectivity index (χ3n) is 5.90. The van der Waals surface area contributed by atoms with E-state index in [2.05, 4.69) is 47.2 Å². The van der Waals surface area contributed by atoms with E-state index in [-0.39, 0.29) is 11.9 Å². The van der Waals surface area contributed by atoms with Crippen LogP contribution in [0.1, 0.15) is 64.4 Å². The van der Waals surface area contributed by atoms with E-state index < -0.39 is 0 Å². The Morgan fingerprint density at radius 2 is 1.94 bits per heavy atom. The van der Waals surface area contributed by atoms with Crippen molar-refractivity contribution in [3.8, 4) is 0 Å². The van der Waals surface area contributed by atoms with Crippen LogP contribution in [0.2, 0.25) is 0 Å². The first-order valence-electron chi connectivity index (χ1n) is 11.1. The van der Waals surface area contributed by atoms with Crippen LogP contribution in [0.25, 0.3) is 0 Å². The number of hydrogen-bond donors (Lipinski definition) is 1. The van der Waals surface area contributed by atoms with E-state index in [0.717, 1.165) is 24.6 Å². The highest BCUT2D eigenvalue weighted by Crippen LogP contribution is 2.31. The van der Waals surface area contributed by atoms with Crippen molar-refractivity contribution < 1.29 is 9.21 Å². The molecule has 1 aromatic heterocycles. The van der Waals surface area contributed by atoms with E-state index >= 15 is 0 Å². The van der Waals surface area contributed by atoms with Crippen LogP contribution in [0.15, 0.2) is 59.2 Å². The fourth-order valence-electron chi connectivity index (χ4n) is 3.84. The predicted octanol–water partition coefficient (Wildman–Crippen LogP) is 5.19. The van der Waals surface area contributed by atoms with E-state index in [0.29, 0.717) is 18.1 Å². The zero-order valence-corrected chi connectivity index (χ0v) is 18.6. The summed E-state index contributed by atoms with van der Waals surface area (Å²) in [5, 5.41) is 3.00. The van der Waals surface area contributed by atoms with Gasteiger partial charge in [-0.3, -0.25) is 9.69 Å². The van der Waals surface area contributed by atoms with Crippen LogP contribution in [0.5, 0.6) is 0 Å². The molecule has 0 saturated heterocycles. The minimum absolute atomic E-state index is 0.0930. The van der Waals surface area contributed by atoms with E-state index in [1.807, 2.05) is 37.3 Å². The van der Waals surface area contributed by atoms with Gasteiger partial charge >= 0.3 is 0 Å². The van der Waals surface area contributed by atoms with Crippen molar-refractivity contribution in [2.24, 2.45) is 5.92 Å². The second kappa shape index (κ2) is 9.48. The lowest BCUT2D eigenvalue weighted by molar-refractivity contribution is 0.0934. The standard InChI is InChI=1S/C26H31N3O2/c1-18-9-10-19(2)23(13-18)15-29(14-21-11-12-21)16-25-28-24(17-31-25)26(30)27-20(3)22-7-5-4-6-8-22/h4-10,13,17,20-21H,11-12,14-16H2,1-3H3,(H,27,30). The van der Waals surface area contributed by atoms with Gasteiger partial charge in [-0.05, 0) is 56.2 Å². The molecule has 162 valence electrons. The Morgan fingerprint density at radius 3 is 2.68 bits per heavy atom. The van der Waals surface area contributed by atoms with Gasteiger partial charge in [0.15, 0.2) is 5.69 Å². The third-order valence-corrected chi connectivity index (χ3v) is 5.90. The van der Waals surface area contributed by atoms with Gasteiger partial charge in [-0.2, -0.15) is 0 Å². The van der Waals surface area contributed by atoms with Gasteiger partial charge in [-0.15, -0.1) is 0 Å². The Bertz CT molecular complexity index is 1020. The molecule has 2 aromatic carbocycles. The summed E-state index contributed by atoms with van der Waals surface area (Å²) < 4.78 is 5.68. The smallest absolute Gasteiger partial charge is 0.273 e. The maximum Gasteiger partial charge on any atom is 0.273 e. The lowest BCUT2D eigenvalue weighted by atomic mass is 10.1. The number of rotatable bonds is 9. The van der Waals surface area contributed by atoms with E-state index in [4.69, 9.17) is 4.42 Å². The largest absolute Gasteiger partial charge is 0.447 e. The van der Waals surface area contributed by atoms with Crippen molar-refractivity contribution in [3.63, 3.8) is 0 Å². The average Bonchev–Trinajstić information content (AvgIpc) is 3.45. The van der Waals surface area contributed by atoms with Crippen LogP contribution < -0.4 is 5.32 Å². The van der Waals surface area contributed by atoms with Gasteiger partial charge < -0.3 is 9.73 Å². The van der Waals surface area contributed by atoms with Crippen LogP contribution >= 0.6 is 0 Å². The lowest BCUT2D eigenvalue weighted by Crippen LogP contribution is -2.27. The van der Waals surface area contributed by atoms with Crippen LogP contribution in [0.4, 0.5) is 0 Å². The van der Waals surface area contributed by atoms with E-state index in [1.54, 1.807) is 0 Å². The number of aryl methyl sites for hydroxylation is 2. The highest BCUT2D eigenvalue weighted by atomic mass is 16.3. The molecule has 0 radical (unpaired) electrons. The Kier molecular flexibility index (Phi) is 6.52. The molecular weight excluding hydrogens is 386 g/mol. The van der Waals surface area contributed by atoms with Crippen LogP contribution in [0.3, 0.4) is 0 Å². The number of benzene rings is 2. The number of nitrogens with one attached hydrogen (secondary N) is 1. The van der Waals surface area contributed by atoms with Crippen molar-refractivity contribution >= 4 is 5.91 Å². The number of amides is 1. The molecule has 1 N–H and O–H groups in total. The molecule has 4 rings (SSSR count). The van der Waals surface area contributed by atoms with Gasteiger partial charge in [0.25, 0.3) is 5.91 Å². The zero-order valence-electron chi connectivity index (χ0n) is 18.6. The van der Waals surface area contributed by atoms with Gasteiger partial charge in [-0.25, -0.2) is 4.98 Å². The predicted molar refractivity (Wildman–Crippen MR) is 122 cm³/mol. The third kappa shape index (κ3) is 5.82. The summed E-state index contributed by atoms with van der Waals surface area (Å²) >= 11 is 0. The molecule has 0 aliphatic heterocycles. The maximum absolute atomic E-state index is 12.6. The number of carbonyl (C=O) groups is 1. The highest BCUT2D eigenvalue weighted by Gasteiger charge is 2.26. The lowest BCUT2D eigenvalue weighted by Gasteiger charge is -2.22. The second-order valence-electron chi connectivity index (χ2n) is 8.78. The van der Waals surface area contributed by atoms with Gasteiger partial charge in [-0.1, -0.05) is 54.1 Å². The van der Waals surface area contributed by atoms with Gasteiger partial charge in [0.1, 0.15) is 6.26 Å². The van der Waals surface area contributed by atoms with Crippen LogP contribution in [-0.2, 0) is 13.1 Å². The molecule has 1 aliphatic carbocycles. The molecule has 1 saturated carbocycles. The molecule has 1 heterocycles. The number of hydrogen-bond acceptors (Lipinski definition) is 4. The first kappa shape index (κ1) is 21.3. The SMILES string of the molecule is Cc1ccc(C)c(CN(Cc2nc(C(=O)NC(C)c3ccccc3)co2)CC2CC2)c1. The summed E-state index contributed by atoms with van der Waals surface area (Å²) in [6.07, 6.45) is 4.05. The monoisotopic (exact) mass is 417 g/mol. The number of aromatic nitrogens is 1. The normalized spacial score (nSPS) is 14.6. The summed E-state index contributed by atoms with van der Waals surface area (Å²) in [6.45, 7) is 8.75. The summed E-state index contributed by atoms with van der Waals surface area (Å²) in [5.74, 6) is 1.13. The molecule has 1 fully saturated rings. The molecule has 5 nitrogen and oxygen atoms in total. The molecule has 1 unspecified atom stereocenters. The number of oxazole rings is 1. The first-order chi connectivity index (χ1) is 15.0. The Balaban J connectivity index is 1.41. The van der Waals surface area contributed by atoms with Crippen LogP contribution in [-0.4, -0.2) is 22.3 Å². The van der Waals surface area contributed by atoms with Crippen molar-refractivity contribution in [2.45, 2.75) is 52.7 Å². The molecule has 1 aliphatic rings. The van der Waals surface area contributed by atoms with E-state index in [1.165, 1.54) is 35.8 Å². The van der Waals surface area contributed by atoms with E-state index in [9.17, 15) is 4.79 Å². The topological polar surface area (TPSA) is 58.4 Å². The maximum atomic E-state index is 12.6. The van der Waals surface area contributed by atoms with Gasteiger partial charge in [0.05, 0.1) is 12.6 Å². The van der Waals surface area contributed by atoms with Gasteiger partial charge in [0, 0.05) is 13.1 Å². The second-order valence-corrected chi connectivity index (χ2v) is 8.78. The Labute approximate surface area is 184 Å². The number of carbonyl (C=O) groups excluding carboxylic acids is 1. The van der Waals surface area contributed by atoms with Crippen molar-refractivity contribution in [1.82, 2.24) is 15.2 Å². The highest BCUT2D eigenvalue weighted by molar-refractivity contribution is 5.92. The molecule has 3 aromatic rings. The number of nitrogens with zero attached hydrogens (tertiary/aromatic N) is 2. The molecule has 0 spiro atoms. The zero-order chi connectivity index (χ0) is 21.8.